The van der Waals surface area contributed by atoms with Gasteiger partial charge in [-0.25, -0.2) is 17.5 Å². The predicted molar refractivity (Wildman–Crippen MR) is 89.1 cm³/mol. The Labute approximate surface area is 134 Å². The van der Waals surface area contributed by atoms with Crippen LogP contribution in [0.25, 0.3) is 10.8 Å². The molecular weight excluding hydrogens is 313 g/mol. The number of nitrogens with one attached hydrogen (secondary N) is 1. The van der Waals surface area contributed by atoms with Crippen LogP contribution < -0.4 is 4.72 Å². The average molecular weight is 329 g/mol. The van der Waals surface area contributed by atoms with Gasteiger partial charge in [0.05, 0.1) is 4.90 Å². The van der Waals surface area contributed by atoms with Gasteiger partial charge in [-0.1, -0.05) is 48.5 Å². The topological polar surface area (TPSA) is 46.2 Å². The molecule has 23 heavy (non-hydrogen) atoms. The van der Waals surface area contributed by atoms with Gasteiger partial charge >= 0.3 is 0 Å². The van der Waals surface area contributed by atoms with Crippen LogP contribution in [0.1, 0.15) is 18.5 Å². The molecule has 0 saturated heterocycles. The first-order valence-electron chi connectivity index (χ1n) is 7.23. The molecule has 5 heteroatoms. The lowest BCUT2D eigenvalue weighted by atomic mass is 10.0. The minimum Gasteiger partial charge on any atom is -0.207 e. The molecule has 3 nitrogen and oxygen atoms in total. The molecule has 3 rings (SSSR count). The molecular formula is C18H16FNO2S. The standard InChI is InChI=1S/C18H16FNO2S/c1-13(17-11-4-7-14-6-2-3-10-18(14)17)20-23(21,22)16-9-5-8-15(19)12-16/h2-13,20H,1H3. The Morgan fingerprint density at radius 3 is 2.43 bits per heavy atom. The normalized spacial score (nSPS) is 13.1. The Balaban J connectivity index is 1.96. The molecule has 0 radical (unpaired) electrons. The smallest absolute Gasteiger partial charge is 0.207 e. The number of benzene rings is 3. The Hall–Kier alpha value is -2.24. The molecule has 0 aliphatic carbocycles. The Morgan fingerprint density at radius 2 is 1.65 bits per heavy atom. The number of hydrogen-bond donors (Lipinski definition) is 1. The van der Waals surface area contributed by atoms with Crippen LogP contribution in [-0.4, -0.2) is 8.42 Å². The summed E-state index contributed by atoms with van der Waals surface area (Å²) in [6, 6.07) is 18.1. The van der Waals surface area contributed by atoms with E-state index >= 15 is 0 Å². The van der Waals surface area contributed by atoms with Crippen LogP contribution in [0.15, 0.2) is 71.6 Å². The molecule has 0 aliphatic rings. The summed E-state index contributed by atoms with van der Waals surface area (Å²) < 4.78 is 40.7. The van der Waals surface area contributed by atoms with Crippen LogP contribution in [0.5, 0.6) is 0 Å². The van der Waals surface area contributed by atoms with Crippen molar-refractivity contribution in [3.63, 3.8) is 0 Å². The van der Waals surface area contributed by atoms with E-state index < -0.39 is 21.9 Å². The fourth-order valence-electron chi connectivity index (χ4n) is 2.63. The Bertz CT molecular complexity index is 949. The summed E-state index contributed by atoms with van der Waals surface area (Å²) in [4.78, 5) is -0.0791. The van der Waals surface area contributed by atoms with Crippen molar-refractivity contribution in [3.05, 3.63) is 78.1 Å². The number of sulfonamides is 1. The third-order valence-electron chi connectivity index (χ3n) is 3.73. The predicted octanol–water partition coefficient (Wildman–Crippen LogP) is 4.02. The molecule has 1 unspecified atom stereocenters. The van der Waals surface area contributed by atoms with Crippen molar-refractivity contribution in [3.8, 4) is 0 Å². The molecule has 0 spiro atoms. The van der Waals surface area contributed by atoms with Crippen molar-refractivity contribution in [2.24, 2.45) is 0 Å². The first kappa shape index (κ1) is 15.6. The van der Waals surface area contributed by atoms with Crippen LogP contribution in [0.4, 0.5) is 4.39 Å². The lowest BCUT2D eigenvalue weighted by Gasteiger charge is -2.17. The SMILES string of the molecule is CC(NS(=O)(=O)c1cccc(F)c1)c1cccc2ccccc12. The molecule has 1 N–H and O–H groups in total. The van der Waals surface area contributed by atoms with Gasteiger partial charge in [-0.05, 0) is 41.5 Å². The van der Waals surface area contributed by atoms with Gasteiger partial charge < -0.3 is 0 Å². The van der Waals surface area contributed by atoms with Gasteiger partial charge in [0.2, 0.25) is 10.0 Å². The van der Waals surface area contributed by atoms with E-state index in [0.29, 0.717) is 0 Å². The molecule has 0 amide bonds. The summed E-state index contributed by atoms with van der Waals surface area (Å²) in [6.45, 7) is 1.78. The van der Waals surface area contributed by atoms with Crippen LogP contribution in [0.2, 0.25) is 0 Å². The van der Waals surface area contributed by atoms with E-state index in [9.17, 15) is 12.8 Å². The van der Waals surface area contributed by atoms with Crippen LogP contribution in [0.3, 0.4) is 0 Å². The lowest BCUT2D eigenvalue weighted by Crippen LogP contribution is -2.27. The zero-order valence-corrected chi connectivity index (χ0v) is 13.3. The molecule has 0 aromatic heterocycles. The summed E-state index contributed by atoms with van der Waals surface area (Å²) in [7, 11) is -3.79. The van der Waals surface area contributed by atoms with Gasteiger partial charge in [-0.15, -0.1) is 0 Å². The molecule has 3 aromatic carbocycles. The summed E-state index contributed by atoms with van der Waals surface area (Å²) in [5.74, 6) is -0.578. The zero-order chi connectivity index (χ0) is 16.4. The van der Waals surface area contributed by atoms with Crippen molar-refractivity contribution < 1.29 is 12.8 Å². The average Bonchev–Trinajstić information content (AvgIpc) is 2.54. The maximum absolute atomic E-state index is 13.3. The highest BCUT2D eigenvalue weighted by Gasteiger charge is 2.19. The van der Waals surface area contributed by atoms with Crippen LogP contribution in [0, 0.1) is 5.82 Å². The molecule has 0 heterocycles. The van der Waals surface area contributed by atoms with Crippen molar-refractivity contribution in [2.75, 3.05) is 0 Å². The van der Waals surface area contributed by atoms with E-state index in [0.717, 1.165) is 22.4 Å². The van der Waals surface area contributed by atoms with E-state index in [1.807, 2.05) is 42.5 Å². The van der Waals surface area contributed by atoms with Gasteiger partial charge in [0.1, 0.15) is 5.82 Å². The Morgan fingerprint density at radius 1 is 0.957 bits per heavy atom. The second kappa shape index (κ2) is 6.10. The fourth-order valence-corrected chi connectivity index (χ4v) is 3.88. The molecule has 1 atom stereocenters. The third kappa shape index (κ3) is 3.25. The van der Waals surface area contributed by atoms with E-state index in [2.05, 4.69) is 4.72 Å². The third-order valence-corrected chi connectivity index (χ3v) is 5.27. The van der Waals surface area contributed by atoms with E-state index in [1.54, 1.807) is 6.92 Å². The number of halogens is 1. The second-order valence-corrected chi connectivity index (χ2v) is 7.08. The minimum atomic E-state index is -3.79. The van der Waals surface area contributed by atoms with Crippen LogP contribution in [-0.2, 0) is 10.0 Å². The molecule has 0 aliphatic heterocycles. The molecule has 118 valence electrons. The second-order valence-electron chi connectivity index (χ2n) is 5.37. The maximum atomic E-state index is 13.3. The van der Waals surface area contributed by atoms with Crippen molar-refractivity contribution in [2.45, 2.75) is 17.9 Å². The van der Waals surface area contributed by atoms with Gasteiger partial charge in [-0.3, -0.25) is 0 Å². The van der Waals surface area contributed by atoms with Gasteiger partial charge in [-0.2, -0.15) is 0 Å². The summed E-state index contributed by atoms with van der Waals surface area (Å²) in [6.07, 6.45) is 0. The maximum Gasteiger partial charge on any atom is 0.241 e. The molecule has 0 bridgehead atoms. The highest BCUT2D eigenvalue weighted by molar-refractivity contribution is 7.89. The van der Waals surface area contributed by atoms with Crippen molar-refractivity contribution >= 4 is 20.8 Å². The largest absolute Gasteiger partial charge is 0.241 e. The number of rotatable bonds is 4. The highest BCUT2D eigenvalue weighted by atomic mass is 32.2. The molecule has 0 saturated carbocycles. The minimum absolute atomic E-state index is 0.0791. The van der Waals surface area contributed by atoms with Crippen molar-refractivity contribution in [1.29, 1.82) is 0 Å². The van der Waals surface area contributed by atoms with E-state index in [4.69, 9.17) is 0 Å². The van der Waals surface area contributed by atoms with Gasteiger partial charge in [0, 0.05) is 6.04 Å². The first-order chi connectivity index (χ1) is 11.0. The quantitative estimate of drug-likeness (QED) is 0.786. The van der Waals surface area contributed by atoms with Gasteiger partial charge in [0.25, 0.3) is 0 Å². The monoisotopic (exact) mass is 329 g/mol. The van der Waals surface area contributed by atoms with Crippen LogP contribution >= 0.6 is 0 Å². The summed E-state index contributed by atoms with van der Waals surface area (Å²) in [5.41, 5.74) is 0.878. The van der Waals surface area contributed by atoms with Gasteiger partial charge in [0.15, 0.2) is 0 Å². The Kier molecular flexibility index (Phi) is 4.15. The highest BCUT2D eigenvalue weighted by Crippen LogP contribution is 2.25. The zero-order valence-electron chi connectivity index (χ0n) is 12.5. The summed E-state index contributed by atoms with van der Waals surface area (Å²) in [5, 5.41) is 2.03. The van der Waals surface area contributed by atoms with Crippen molar-refractivity contribution in [1.82, 2.24) is 4.72 Å². The molecule has 3 aromatic rings. The number of fused-ring (bicyclic) bond motifs is 1. The van der Waals surface area contributed by atoms with E-state index in [1.165, 1.54) is 18.2 Å². The summed E-state index contributed by atoms with van der Waals surface area (Å²) >= 11 is 0. The van der Waals surface area contributed by atoms with E-state index in [-0.39, 0.29) is 4.90 Å². The lowest BCUT2D eigenvalue weighted by molar-refractivity contribution is 0.564. The number of hydrogen-bond acceptors (Lipinski definition) is 2. The molecule has 0 fully saturated rings. The fraction of sp³-hybridized carbons (Fsp3) is 0.111. The first-order valence-corrected chi connectivity index (χ1v) is 8.71.